The molecular weight excluding hydrogens is 376 g/mol. The van der Waals surface area contributed by atoms with E-state index in [1.165, 1.54) is 12.1 Å². The van der Waals surface area contributed by atoms with Crippen molar-refractivity contribution in [1.82, 2.24) is 20.3 Å². The Bertz CT molecular complexity index is 911. The fraction of sp³-hybridized carbons (Fsp3) is 0.111. The summed E-state index contributed by atoms with van der Waals surface area (Å²) in [4.78, 5) is 24.2. The van der Waals surface area contributed by atoms with Crippen LogP contribution < -0.4 is 10.6 Å². The van der Waals surface area contributed by atoms with Gasteiger partial charge in [0, 0.05) is 36.3 Å². The van der Waals surface area contributed by atoms with Crippen molar-refractivity contribution < 1.29 is 13.6 Å². The number of benzene rings is 1. The summed E-state index contributed by atoms with van der Waals surface area (Å²) in [6.45, 7) is -0.792. The predicted octanol–water partition coefficient (Wildman–Crippen LogP) is 3.54. The minimum Gasteiger partial charge on any atom is -0.349 e. The highest BCUT2D eigenvalue weighted by Gasteiger charge is 2.11. The van der Waals surface area contributed by atoms with E-state index in [9.17, 15) is 13.6 Å². The first-order chi connectivity index (χ1) is 12.7. The van der Waals surface area contributed by atoms with E-state index >= 15 is 0 Å². The molecule has 3 rings (SSSR count). The van der Waals surface area contributed by atoms with E-state index in [0.717, 1.165) is 11.6 Å². The fourth-order valence-corrected chi connectivity index (χ4v) is 2.22. The molecule has 140 valence electrons. The molecule has 1 aromatic carbocycles. The zero-order chi connectivity index (χ0) is 18.4. The second kappa shape index (κ2) is 9.54. The molecule has 6 nitrogen and oxygen atoms in total. The zero-order valence-corrected chi connectivity index (χ0v) is 14.8. The van der Waals surface area contributed by atoms with E-state index in [4.69, 9.17) is 0 Å². The number of hydrogen-bond acceptors (Lipinski definition) is 5. The quantitative estimate of drug-likeness (QED) is 0.671. The van der Waals surface area contributed by atoms with E-state index in [2.05, 4.69) is 25.6 Å². The summed E-state index contributed by atoms with van der Waals surface area (Å²) in [5, 5.41) is 5.20. The number of carbonyl (C=O) groups excluding carboxylic acids is 1. The number of carbonyl (C=O) groups is 1. The van der Waals surface area contributed by atoms with Gasteiger partial charge in [-0.1, -0.05) is 0 Å². The average molecular weight is 392 g/mol. The molecule has 3 aromatic rings. The minimum atomic E-state index is -0.680. The summed E-state index contributed by atoms with van der Waals surface area (Å²) in [6.07, 6.45) is 4.82. The van der Waals surface area contributed by atoms with E-state index in [0.29, 0.717) is 11.6 Å². The zero-order valence-electron chi connectivity index (χ0n) is 14.0. The molecule has 0 atom stereocenters. The van der Waals surface area contributed by atoms with Gasteiger partial charge in [-0.25, -0.2) is 18.7 Å². The first-order valence-corrected chi connectivity index (χ1v) is 7.81. The van der Waals surface area contributed by atoms with Crippen LogP contribution in [-0.2, 0) is 0 Å². The molecule has 0 unspecified atom stereocenters. The minimum absolute atomic E-state index is 0. The molecule has 27 heavy (non-hydrogen) atoms. The summed E-state index contributed by atoms with van der Waals surface area (Å²) in [5.74, 6) is -0.313. The molecule has 0 radical (unpaired) electrons. The molecule has 9 heteroatoms. The molecule has 1 amide bonds. The molecule has 0 aliphatic heterocycles. The van der Waals surface area contributed by atoms with Gasteiger partial charge in [0.05, 0.1) is 5.69 Å². The number of nitrogens with one attached hydrogen (secondary N) is 2. The summed E-state index contributed by atoms with van der Waals surface area (Å²) in [7, 11) is 0. The van der Waals surface area contributed by atoms with Crippen LogP contribution in [0.25, 0.3) is 11.4 Å². The maximum absolute atomic E-state index is 14.3. The number of hydrogen-bond donors (Lipinski definition) is 2. The van der Waals surface area contributed by atoms with Crippen molar-refractivity contribution in [3.8, 4) is 11.4 Å². The summed E-state index contributed by atoms with van der Waals surface area (Å²) in [5.41, 5.74) is 1.000. The van der Waals surface area contributed by atoms with E-state index in [1.807, 2.05) is 6.07 Å². The number of halogens is 3. The van der Waals surface area contributed by atoms with Gasteiger partial charge in [-0.05, 0) is 36.4 Å². The Morgan fingerprint density at radius 3 is 2.70 bits per heavy atom. The van der Waals surface area contributed by atoms with E-state index < -0.39 is 18.4 Å². The van der Waals surface area contributed by atoms with Gasteiger partial charge >= 0.3 is 0 Å². The highest BCUT2D eigenvalue weighted by molar-refractivity contribution is 5.94. The van der Waals surface area contributed by atoms with Crippen LogP contribution in [0.5, 0.6) is 0 Å². The average Bonchev–Trinajstić information content (AvgIpc) is 2.68. The SMILES string of the molecule is Cl.O=C(NCCF)c1ccc(Nc2ccnc(-c3cccnc3)n2)c(F)c1. The summed E-state index contributed by atoms with van der Waals surface area (Å²) < 4.78 is 26.4. The van der Waals surface area contributed by atoms with Gasteiger partial charge in [0.25, 0.3) is 5.91 Å². The standard InChI is InChI=1S/C18H15F2N5O.ClH/c19-6-9-23-18(26)12-3-4-15(14(20)10-12)24-16-5-8-22-17(25-16)13-2-1-7-21-11-13;/h1-5,7-8,10-11H,6,9H2,(H,23,26)(H,22,24,25);1H. The lowest BCUT2D eigenvalue weighted by Gasteiger charge is -2.09. The van der Waals surface area contributed by atoms with Gasteiger partial charge in [0.15, 0.2) is 5.82 Å². The van der Waals surface area contributed by atoms with E-state index in [-0.39, 0.29) is 30.2 Å². The highest BCUT2D eigenvalue weighted by atomic mass is 35.5. The van der Waals surface area contributed by atoms with Crippen molar-refractivity contribution >= 4 is 29.8 Å². The van der Waals surface area contributed by atoms with Gasteiger partial charge in [0.1, 0.15) is 18.3 Å². The van der Waals surface area contributed by atoms with Crippen LogP contribution in [0.3, 0.4) is 0 Å². The first kappa shape index (κ1) is 20.2. The number of alkyl halides is 1. The third kappa shape index (κ3) is 5.18. The van der Waals surface area contributed by atoms with Crippen LogP contribution in [0.2, 0.25) is 0 Å². The van der Waals surface area contributed by atoms with Crippen molar-refractivity contribution in [3.05, 3.63) is 66.4 Å². The Morgan fingerprint density at radius 2 is 2.00 bits per heavy atom. The number of rotatable bonds is 6. The number of aromatic nitrogens is 3. The highest BCUT2D eigenvalue weighted by Crippen LogP contribution is 2.21. The molecule has 2 aromatic heterocycles. The Balaban J connectivity index is 0.00000261. The van der Waals surface area contributed by atoms with Crippen LogP contribution in [0.15, 0.2) is 55.0 Å². The molecule has 0 saturated heterocycles. The number of pyridine rings is 1. The van der Waals surface area contributed by atoms with Crippen LogP contribution >= 0.6 is 12.4 Å². The predicted molar refractivity (Wildman–Crippen MR) is 101 cm³/mol. The van der Waals surface area contributed by atoms with Gasteiger partial charge < -0.3 is 10.6 Å². The summed E-state index contributed by atoms with van der Waals surface area (Å²) in [6, 6.07) is 9.14. The summed E-state index contributed by atoms with van der Waals surface area (Å²) >= 11 is 0. The molecule has 0 aliphatic carbocycles. The molecule has 0 aliphatic rings. The fourth-order valence-electron chi connectivity index (χ4n) is 2.22. The van der Waals surface area contributed by atoms with Crippen LogP contribution in [0.4, 0.5) is 20.3 Å². The van der Waals surface area contributed by atoms with Gasteiger partial charge in [-0.3, -0.25) is 9.78 Å². The van der Waals surface area contributed by atoms with Crippen LogP contribution in [0.1, 0.15) is 10.4 Å². The molecular formula is C18H16ClF2N5O. The van der Waals surface area contributed by atoms with Crippen molar-refractivity contribution in [2.75, 3.05) is 18.5 Å². The lowest BCUT2D eigenvalue weighted by molar-refractivity contribution is 0.0950. The van der Waals surface area contributed by atoms with Crippen molar-refractivity contribution in [1.29, 1.82) is 0 Å². The third-order valence-corrected chi connectivity index (χ3v) is 3.45. The normalized spacial score (nSPS) is 10.0. The third-order valence-electron chi connectivity index (χ3n) is 3.45. The van der Waals surface area contributed by atoms with Crippen LogP contribution in [0, 0.1) is 5.82 Å². The van der Waals surface area contributed by atoms with E-state index in [1.54, 1.807) is 30.7 Å². The number of anilines is 2. The number of amides is 1. The number of nitrogens with zero attached hydrogens (tertiary/aromatic N) is 3. The molecule has 0 bridgehead atoms. The largest absolute Gasteiger partial charge is 0.349 e. The smallest absolute Gasteiger partial charge is 0.251 e. The Hall–Kier alpha value is -3.13. The second-order valence-corrected chi connectivity index (χ2v) is 5.27. The molecule has 0 saturated carbocycles. The van der Waals surface area contributed by atoms with Crippen molar-refractivity contribution in [3.63, 3.8) is 0 Å². The molecule has 0 fully saturated rings. The topological polar surface area (TPSA) is 79.8 Å². The maximum Gasteiger partial charge on any atom is 0.251 e. The second-order valence-electron chi connectivity index (χ2n) is 5.27. The Morgan fingerprint density at radius 1 is 1.15 bits per heavy atom. The molecule has 0 spiro atoms. The van der Waals surface area contributed by atoms with Gasteiger partial charge in [-0.15, -0.1) is 12.4 Å². The first-order valence-electron chi connectivity index (χ1n) is 7.81. The Labute approximate surface area is 160 Å². The lowest BCUT2D eigenvalue weighted by Crippen LogP contribution is -2.25. The molecule has 2 heterocycles. The Kier molecular flexibility index (Phi) is 7.13. The maximum atomic E-state index is 14.3. The molecule has 2 N–H and O–H groups in total. The van der Waals surface area contributed by atoms with Gasteiger partial charge in [-0.2, -0.15) is 0 Å². The van der Waals surface area contributed by atoms with Crippen molar-refractivity contribution in [2.24, 2.45) is 0 Å². The monoisotopic (exact) mass is 391 g/mol. The van der Waals surface area contributed by atoms with Crippen molar-refractivity contribution in [2.45, 2.75) is 0 Å². The van der Waals surface area contributed by atoms with Crippen LogP contribution in [-0.4, -0.2) is 34.1 Å². The lowest BCUT2D eigenvalue weighted by atomic mass is 10.2. The van der Waals surface area contributed by atoms with Gasteiger partial charge in [0.2, 0.25) is 0 Å².